The molecule has 1 aromatic rings. The van der Waals surface area contributed by atoms with Crippen LogP contribution < -0.4 is 0 Å². The van der Waals surface area contributed by atoms with E-state index in [2.05, 4.69) is 0 Å². The monoisotopic (exact) mass is 295 g/mol. The molecule has 0 aliphatic carbocycles. The molecule has 0 aromatic heterocycles. The maximum absolute atomic E-state index is 13.7. The molecule has 0 spiro atoms. The lowest BCUT2D eigenvalue weighted by atomic mass is 9.74. The molecular formula is C16H22FNO3. The summed E-state index contributed by atoms with van der Waals surface area (Å²) >= 11 is 0. The first-order valence-corrected chi connectivity index (χ1v) is 7.37. The minimum absolute atomic E-state index is 0.256. The molecule has 116 valence electrons. The lowest BCUT2D eigenvalue weighted by Gasteiger charge is -2.43. The number of rotatable bonds is 5. The number of halogens is 1. The van der Waals surface area contributed by atoms with Crippen LogP contribution in [0.1, 0.15) is 31.7 Å². The second kappa shape index (κ2) is 6.54. The molecule has 0 saturated carbocycles. The van der Waals surface area contributed by atoms with E-state index in [9.17, 15) is 19.4 Å². The first kappa shape index (κ1) is 15.9. The van der Waals surface area contributed by atoms with Gasteiger partial charge in [0.15, 0.2) is 0 Å². The van der Waals surface area contributed by atoms with E-state index in [-0.39, 0.29) is 12.4 Å². The highest BCUT2D eigenvalue weighted by Gasteiger charge is 2.48. The maximum atomic E-state index is 13.7. The van der Waals surface area contributed by atoms with Gasteiger partial charge in [-0.05, 0) is 18.9 Å². The first-order valence-electron chi connectivity index (χ1n) is 7.37. The van der Waals surface area contributed by atoms with Crippen molar-refractivity contribution < 1.29 is 19.4 Å². The fourth-order valence-electron chi connectivity index (χ4n) is 3.18. The molecule has 0 radical (unpaired) electrons. The Balaban J connectivity index is 2.16. The Kier molecular flexibility index (Phi) is 4.96. The number of nitrogens with zero attached hydrogens (tertiary/aromatic N) is 1. The summed E-state index contributed by atoms with van der Waals surface area (Å²) in [6.45, 7) is 3.12. The van der Waals surface area contributed by atoms with Crippen molar-refractivity contribution >= 4 is 5.97 Å². The predicted molar refractivity (Wildman–Crippen MR) is 77.3 cm³/mol. The molecule has 1 aromatic carbocycles. The molecule has 2 N–H and O–H groups in total. The third-order valence-corrected chi connectivity index (χ3v) is 4.34. The van der Waals surface area contributed by atoms with Crippen LogP contribution in [-0.4, -0.2) is 40.3 Å². The van der Waals surface area contributed by atoms with Gasteiger partial charge < -0.3 is 10.2 Å². The second-order valence-electron chi connectivity index (χ2n) is 5.82. The maximum Gasteiger partial charge on any atom is 0.313 e. The molecule has 5 heteroatoms. The number of piperidine rings is 1. The van der Waals surface area contributed by atoms with Crippen LogP contribution >= 0.6 is 0 Å². The zero-order chi connectivity index (χ0) is 15.5. The number of aliphatic hydroxyl groups is 1. The molecule has 2 atom stereocenters. The topological polar surface area (TPSA) is 60.8 Å². The Morgan fingerprint density at radius 2 is 2.19 bits per heavy atom. The van der Waals surface area contributed by atoms with E-state index < -0.39 is 17.5 Å². The fraction of sp³-hybridized carbons (Fsp3) is 0.562. The van der Waals surface area contributed by atoms with Crippen LogP contribution in [0.25, 0.3) is 0 Å². The number of hydrogen-bond acceptors (Lipinski definition) is 3. The number of benzene rings is 1. The Morgan fingerprint density at radius 3 is 2.81 bits per heavy atom. The smallest absolute Gasteiger partial charge is 0.313 e. The Labute approximate surface area is 124 Å². The number of carboxylic acid groups (broad SMARTS) is 1. The van der Waals surface area contributed by atoms with Crippen LogP contribution in [0.5, 0.6) is 0 Å². The molecule has 0 bridgehead atoms. The van der Waals surface area contributed by atoms with Crippen molar-refractivity contribution in [3.63, 3.8) is 0 Å². The zero-order valence-electron chi connectivity index (χ0n) is 12.3. The average Bonchev–Trinajstić information content (AvgIpc) is 2.45. The summed E-state index contributed by atoms with van der Waals surface area (Å²) in [4.78, 5) is 13.6. The number of aliphatic hydroxyl groups excluding tert-OH is 1. The van der Waals surface area contributed by atoms with Crippen LogP contribution in [0.2, 0.25) is 0 Å². The van der Waals surface area contributed by atoms with Gasteiger partial charge >= 0.3 is 5.97 Å². The molecule has 2 rings (SSSR count). The minimum Gasteiger partial charge on any atom is -0.481 e. The molecule has 1 fully saturated rings. The third kappa shape index (κ3) is 3.24. The van der Waals surface area contributed by atoms with Crippen molar-refractivity contribution in [3.8, 4) is 0 Å². The molecule has 0 amide bonds. The SMILES string of the molecule is CCC[C@@]1(C(=O)O)CN(Cc2ccccc2F)CC[C@@H]1O. The van der Waals surface area contributed by atoms with Crippen molar-refractivity contribution in [1.82, 2.24) is 4.90 Å². The highest BCUT2D eigenvalue weighted by molar-refractivity contribution is 5.76. The summed E-state index contributed by atoms with van der Waals surface area (Å²) in [5.41, 5.74) is -0.581. The van der Waals surface area contributed by atoms with E-state index in [1.807, 2.05) is 11.8 Å². The molecule has 1 heterocycles. The van der Waals surface area contributed by atoms with Crippen LogP contribution in [-0.2, 0) is 11.3 Å². The largest absolute Gasteiger partial charge is 0.481 e. The van der Waals surface area contributed by atoms with Crippen LogP contribution in [0, 0.1) is 11.2 Å². The van der Waals surface area contributed by atoms with Gasteiger partial charge in [-0.25, -0.2) is 4.39 Å². The van der Waals surface area contributed by atoms with Gasteiger partial charge in [-0.15, -0.1) is 0 Å². The van der Waals surface area contributed by atoms with Gasteiger partial charge in [0.25, 0.3) is 0 Å². The van der Waals surface area contributed by atoms with Crippen molar-refractivity contribution in [3.05, 3.63) is 35.6 Å². The summed E-state index contributed by atoms with van der Waals surface area (Å²) < 4.78 is 13.7. The summed E-state index contributed by atoms with van der Waals surface area (Å²) in [6.07, 6.45) is 0.682. The third-order valence-electron chi connectivity index (χ3n) is 4.34. The molecule has 21 heavy (non-hydrogen) atoms. The second-order valence-corrected chi connectivity index (χ2v) is 5.82. The average molecular weight is 295 g/mol. The van der Waals surface area contributed by atoms with Crippen molar-refractivity contribution in [2.24, 2.45) is 5.41 Å². The van der Waals surface area contributed by atoms with E-state index in [4.69, 9.17) is 0 Å². The highest BCUT2D eigenvalue weighted by Crippen LogP contribution is 2.36. The molecule has 1 saturated heterocycles. The molecule has 0 unspecified atom stereocenters. The number of likely N-dealkylation sites (tertiary alicyclic amines) is 1. The predicted octanol–water partition coefficient (Wildman–Crippen LogP) is 2.26. The summed E-state index contributed by atoms with van der Waals surface area (Å²) in [5, 5.41) is 19.7. The molecule has 4 nitrogen and oxygen atoms in total. The standard InChI is InChI=1S/C16H22FNO3/c1-2-8-16(15(20)21)11-18(9-7-14(16)19)10-12-5-3-4-6-13(12)17/h3-6,14,19H,2,7-11H2,1H3,(H,20,21)/t14-,16+/m0/s1. The molecular weight excluding hydrogens is 273 g/mol. The van der Waals surface area contributed by atoms with E-state index in [1.165, 1.54) is 6.07 Å². The number of hydrogen-bond donors (Lipinski definition) is 2. The van der Waals surface area contributed by atoms with Crippen LogP contribution in [0.15, 0.2) is 24.3 Å². The lowest BCUT2D eigenvalue weighted by Crippen LogP contribution is -2.55. The van der Waals surface area contributed by atoms with Crippen molar-refractivity contribution in [1.29, 1.82) is 0 Å². The Morgan fingerprint density at radius 1 is 1.48 bits per heavy atom. The van der Waals surface area contributed by atoms with E-state index in [1.54, 1.807) is 18.2 Å². The van der Waals surface area contributed by atoms with E-state index in [0.29, 0.717) is 37.9 Å². The summed E-state index contributed by atoms with van der Waals surface area (Å²) in [6, 6.07) is 6.53. The van der Waals surface area contributed by atoms with Crippen LogP contribution in [0.3, 0.4) is 0 Å². The van der Waals surface area contributed by atoms with Gasteiger partial charge in [-0.2, -0.15) is 0 Å². The Bertz CT molecular complexity index is 508. The number of aliphatic carboxylic acids is 1. The quantitative estimate of drug-likeness (QED) is 0.875. The van der Waals surface area contributed by atoms with Gasteiger partial charge in [0.1, 0.15) is 11.2 Å². The molecule has 1 aliphatic heterocycles. The van der Waals surface area contributed by atoms with Crippen LogP contribution in [0.4, 0.5) is 4.39 Å². The fourth-order valence-corrected chi connectivity index (χ4v) is 3.18. The summed E-state index contributed by atoms with van der Waals surface area (Å²) in [5.74, 6) is -1.24. The number of carboxylic acids is 1. The highest BCUT2D eigenvalue weighted by atomic mass is 19.1. The summed E-state index contributed by atoms with van der Waals surface area (Å²) in [7, 11) is 0. The lowest BCUT2D eigenvalue weighted by molar-refractivity contribution is -0.164. The number of carbonyl (C=O) groups is 1. The van der Waals surface area contributed by atoms with Gasteiger partial charge in [0.05, 0.1) is 6.10 Å². The zero-order valence-corrected chi connectivity index (χ0v) is 12.3. The van der Waals surface area contributed by atoms with Gasteiger partial charge in [0, 0.05) is 25.2 Å². The van der Waals surface area contributed by atoms with E-state index >= 15 is 0 Å². The van der Waals surface area contributed by atoms with E-state index in [0.717, 1.165) is 0 Å². The Hall–Kier alpha value is -1.46. The first-order chi connectivity index (χ1) is 9.99. The minimum atomic E-state index is -1.14. The normalized spacial score (nSPS) is 26.7. The van der Waals surface area contributed by atoms with Crippen molar-refractivity contribution in [2.75, 3.05) is 13.1 Å². The molecule has 1 aliphatic rings. The van der Waals surface area contributed by atoms with Gasteiger partial charge in [0.2, 0.25) is 0 Å². The van der Waals surface area contributed by atoms with Gasteiger partial charge in [-0.3, -0.25) is 9.69 Å². The van der Waals surface area contributed by atoms with Crippen molar-refractivity contribution in [2.45, 2.75) is 38.8 Å². The van der Waals surface area contributed by atoms with Gasteiger partial charge in [-0.1, -0.05) is 31.5 Å².